The fraction of sp³-hybridized carbons (Fsp3) is 0.364. The highest BCUT2D eigenvalue weighted by Crippen LogP contribution is 2.24. The number of hydrogen-bond donors (Lipinski definition) is 1. The summed E-state index contributed by atoms with van der Waals surface area (Å²) in [5, 5.41) is 2.96. The van der Waals surface area contributed by atoms with Crippen LogP contribution in [0.1, 0.15) is 5.56 Å². The molecule has 0 radical (unpaired) electrons. The summed E-state index contributed by atoms with van der Waals surface area (Å²) in [4.78, 5) is 29.9. The number of aromatic nitrogens is 2. The standard InChI is InChI=1S/C22H27N5O2/c1-16-14-17(26-12-10-24(2)11-13-26)8-9-18(16)23-21(28)15-27-20-7-5-4-6-19(20)25(3)22(27)29/h4-9,14H,10-13,15H2,1-3H3,(H,23,28). The zero-order valence-electron chi connectivity index (χ0n) is 17.2. The molecule has 0 bridgehead atoms. The average molecular weight is 393 g/mol. The van der Waals surface area contributed by atoms with Crippen molar-refractivity contribution in [3.05, 3.63) is 58.5 Å². The minimum atomic E-state index is -0.209. The second-order valence-corrected chi connectivity index (χ2v) is 7.75. The molecule has 29 heavy (non-hydrogen) atoms. The number of carbonyl (C=O) groups is 1. The van der Waals surface area contributed by atoms with Crippen molar-refractivity contribution in [1.82, 2.24) is 14.0 Å². The summed E-state index contributed by atoms with van der Waals surface area (Å²) in [6.07, 6.45) is 0. The van der Waals surface area contributed by atoms with Crippen LogP contribution in [0, 0.1) is 6.92 Å². The average Bonchev–Trinajstić information content (AvgIpc) is 2.95. The third-order valence-corrected chi connectivity index (χ3v) is 5.71. The Morgan fingerprint density at radius 2 is 1.69 bits per heavy atom. The van der Waals surface area contributed by atoms with E-state index in [1.165, 1.54) is 10.3 Å². The number of piperazine rings is 1. The number of likely N-dealkylation sites (N-methyl/N-ethyl adjacent to an activating group) is 1. The molecule has 0 atom stereocenters. The van der Waals surface area contributed by atoms with Gasteiger partial charge in [0.2, 0.25) is 5.91 Å². The molecule has 0 aliphatic carbocycles. The fourth-order valence-electron chi connectivity index (χ4n) is 3.90. The Labute approximate surface area is 170 Å². The first-order valence-electron chi connectivity index (χ1n) is 9.92. The molecular weight excluding hydrogens is 366 g/mol. The molecule has 2 heterocycles. The molecular formula is C22H27N5O2. The Balaban J connectivity index is 1.49. The van der Waals surface area contributed by atoms with Crippen molar-refractivity contribution in [2.45, 2.75) is 13.5 Å². The zero-order chi connectivity index (χ0) is 20.5. The lowest BCUT2D eigenvalue weighted by Crippen LogP contribution is -2.44. The highest BCUT2D eigenvalue weighted by molar-refractivity contribution is 5.92. The Hall–Kier alpha value is -3.06. The van der Waals surface area contributed by atoms with Crippen molar-refractivity contribution in [2.24, 2.45) is 7.05 Å². The highest BCUT2D eigenvalue weighted by atomic mass is 16.2. The van der Waals surface area contributed by atoms with E-state index in [2.05, 4.69) is 34.3 Å². The van der Waals surface area contributed by atoms with Crippen LogP contribution in [0.3, 0.4) is 0 Å². The van der Waals surface area contributed by atoms with Crippen LogP contribution in [-0.4, -0.2) is 53.2 Å². The molecule has 4 rings (SSSR count). The molecule has 1 amide bonds. The lowest BCUT2D eigenvalue weighted by atomic mass is 10.1. The summed E-state index contributed by atoms with van der Waals surface area (Å²) < 4.78 is 3.08. The summed E-state index contributed by atoms with van der Waals surface area (Å²) >= 11 is 0. The number of rotatable bonds is 4. The Bertz CT molecular complexity index is 1110. The van der Waals surface area contributed by atoms with Gasteiger partial charge in [-0.05, 0) is 49.9 Å². The first kappa shape index (κ1) is 19.3. The van der Waals surface area contributed by atoms with Crippen molar-refractivity contribution < 1.29 is 4.79 Å². The quantitative estimate of drug-likeness (QED) is 0.737. The van der Waals surface area contributed by atoms with Gasteiger partial charge in [0.05, 0.1) is 11.0 Å². The molecule has 1 fully saturated rings. The van der Waals surface area contributed by atoms with Gasteiger partial charge in [0.15, 0.2) is 0 Å². The summed E-state index contributed by atoms with van der Waals surface area (Å²) in [5.41, 5.74) is 4.36. The van der Waals surface area contributed by atoms with Gasteiger partial charge in [0, 0.05) is 44.6 Å². The number of aryl methyl sites for hydroxylation is 2. The molecule has 0 unspecified atom stereocenters. The Kier molecular flexibility index (Phi) is 5.15. The maximum absolute atomic E-state index is 12.7. The highest BCUT2D eigenvalue weighted by Gasteiger charge is 2.16. The van der Waals surface area contributed by atoms with E-state index < -0.39 is 0 Å². The molecule has 7 heteroatoms. The number of nitrogens with one attached hydrogen (secondary N) is 1. The number of hydrogen-bond acceptors (Lipinski definition) is 4. The number of para-hydroxylation sites is 2. The van der Waals surface area contributed by atoms with Crippen LogP contribution in [0.4, 0.5) is 11.4 Å². The Morgan fingerprint density at radius 3 is 2.38 bits per heavy atom. The van der Waals surface area contributed by atoms with E-state index in [1.807, 2.05) is 37.3 Å². The van der Waals surface area contributed by atoms with E-state index in [-0.39, 0.29) is 18.1 Å². The maximum Gasteiger partial charge on any atom is 0.329 e. The molecule has 7 nitrogen and oxygen atoms in total. The smallest absolute Gasteiger partial charge is 0.329 e. The van der Waals surface area contributed by atoms with Gasteiger partial charge in [-0.2, -0.15) is 0 Å². The van der Waals surface area contributed by atoms with Gasteiger partial charge >= 0.3 is 5.69 Å². The minimum Gasteiger partial charge on any atom is -0.369 e. The second-order valence-electron chi connectivity index (χ2n) is 7.75. The number of amides is 1. The number of carbonyl (C=O) groups excluding carboxylic acids is 1. The topological polar surface area (TPSA) is 62.5 Å². The van der Waals surface area contributed by atoms with Gasteiger partial charge in [-0.1, -0.05) is 12.1 Å². The fourth-order valence-corrected chi connectivity index (χ4v) is 3.90. The molecule has 3 aromatic rings. The largest absolute Gasteiger partial charge is 0.369 e. The van der Waals surface area contributed by atoms with Crippen LogP contribution < -0.4 is 15.9 Å². The number of nitrogens with zero attached hydrogens (tertiary/aromatic N) is 4. The predicted molar refractivity (Wildman–Crippen MR) is 117 cm³/mol. The number of imidazole rings is 1. The first-order valence-corrected chi connectivity index (χ1v) is 9.92. The van der Waals surface area contributed by atoms with Crippen LogP contribution in [-0.2, 0) is 18.4 Å². The number of fused-ring (bicyclic) bond motifs is 1. The lowest BCUT2D eigenvalue weighted by Gasteiger charge is -2.34. The molecule has 1 aliphatic heterocycles. The van der Waals surface area contributed by atoms with Gasteiger partial charge in [0.1, 0.15) is 6.54 Å². The van der Waals surface area contributed by atoms with Gasteiger partial charge in [-0.25, -0.2) is 4.79 Å². The van der Waals surface area contributed by atoms with Crippen LogP contribution >= 0.6 is 0 Å². The van der Waals surface area contributed by atoms with E-state index in [0.29, 0.717) is 0 Å². The molecule has 152 valence electrons. The SMILES string of the molecule is Cc1cc(N2CCN(C)CC2)ccc1NC(=O)Cn1c(=O)n(C)c2ccccc21. The van der Waals surface area contributed by atoms with E-state index >= 15 is 0 Å². The van der Waals surface area contributed by atoms with Crippen molar-refractivity contribution in [2.75, 3.05) is 43.4 Å². The zero-order valence-corrected chi connectivity index (χ0v) is 17.2. The number of anilines is 2. The van der Waals surface area contributed by atoms with Crippen LogP contribution in [0.2, 0.25) is 0 Å². The third kappa shape index (κ3) is 3.78. The molecule has 1 N–H and O–H groups in total. The van der Waals surface area contributed by atoms with Crippen LogP contribution in [0.25, 0.3) is 11.0 Å². The van der Waals surface area contributed by atoms with E-state index in [1.54, 1.807) is 11.6 Å². The van der Waals surface area contributed by atoms with E-state index in [9.17, 15) is 9.59 Å². The summed E-state index contributed by atoms with van der Waals surface area (Å²) in [6, 6.07) is 13.6. The van der Waals surface area contributed by atoms with Crippen LogP contribution in [0.15, 0.2) is 47.3 Å². The van der Waals surface area contributed by atoms with Crippen molar-refractivity contribution in [1.29, 1.82) is 0 Å². The summed E-state index contributed by atoms with van der Waals surface area (Å²) in [7, 11) is 3.86. The summed E-state index contributed by atoms with van der Waals surface area (Å²) in [6.45, 7) is 6.10. The predicted octanol–water partition coefficient (Wildman–Crippen LogP) is 2.04. The van der Waals surface area contributed by atoms with Crippen molar-refractivity contribution in [3.63, 3.8) is 0 Å². The molecule has 1 aliphatic rings. The maximum atomic E-state index is 12.7. The monoisotopic (exact) mass is 393 g/mol. The van der Waals surface area contributed by atoms with E-state index in [4.69, 9.17) is 0 Å². The minimum absolute atomic E-state index is 0.0140. The Morgan fingerprint density at radius 1 is 1.00 bits per heavy atom. The van der Waals surface area contributed by atoms with E-state index in [0.717, 1.165) is 48.5 Å². The molecule has 1 aromatic heterocycles. The summed E-state index contributed by atoms with van der Waals surface area (Å²) in [5.74, 6) is -0.209. The third-order valence-electron chi connectivity index (χ3n) is 5.71. The van der Waals surface area contributed by atoms with Crippen molar-refractivity contribution in [3.8, 4) is 0 Å². The molecule has 1 saturated heterocycles. The molecule has 0 spiro atoms. The van der Waals surface area contributed by atoms with Gasteiger partial charge in [-0.15, -0.1) is 0 Å². The van der Waals surface area contributed by atoms with Gasteiger partial charge in [-0.3, -0.25) is 13.9 Å². The molecule has 0 saturated carbocycles. The normalized spacial score (nSPS) is 15.1. The van der Waals surface area contributed by atoms with Crippen LogP contribution in [0.5, 0.6) is 0 Å². The van der Waals surface area contributed by atoms with Crippen molar-refractivity contribution >= 4 is 28.3 Å². The first-order chi connectivity index (χ1) is 13.9. The number of benzene rings is 2. The van der Waals surface area contributed by atoms with Gasteiger partial charge < -0.3 is 15.1 Å². The van der Waals surface area contributed by atoms with Gasteiger partial charge in [0.25, 0.3) is 0 Å². The lowest BCUT2D eigenvalue weighted by molar-refractivity contribution is -0.116. The second kappa shape index (κ2) is 7.75. The molecule has 2 aromatic carbocycles.